The van der Waals surface area contributed by atoms with Gasteiger partial charge in [0.2, 0.25) is 0 Å². The van der Waals surface area contributed by atoms with Crippen molar-refractivity contribution < 1.29 is 14.3 Å². The van der Waals surface area contributed by atoms with Crippen LogP contribution in [0.25, 0.3) is 0 Å². The molecule has 0 unspecified atom stereocenters. The van der Waals surface area contributed by atoms with E-state index in [0.29, 0.717) is 18.6 Å². The van der Waals surface area contributed by atoms with E-state index in [-0.39, 0.29) is 5.60 Å². The van der Waals surface area contributed by atoms with Crippen LogP contribution in [-0.4, -0.2) is 23.8 Å². The lowest BCUT2D eigenvalue weighted by Crippen LogP contribution is -2.51. The Hall–Kier alpha value is -0.410. The molecule has 80 valence electrons. The van der Waals surface area contributed by atoms with E-state index in [2.05, 4.69) is 13.8 Å². The summed E-state index contributed by atoms with van der Waals surface area (Å²) in [6.45, 7) is 4.93. The minimum atomic E-state index is -0.449. The minimum absolute atomic E-state index is 0.0986. The first-order valence-corrected chi connectivity index (χ1v) is 5.37. The molecule has 3 nitrogen and oxygen atoms in total. The van der Waals surface area contributed by atoms with Crippen molar-refractivity contribution in [2.75, 3.05) is 6.61 Å². The van der Waals surface area contributed by atoms with Gasteiger partial charge in [-0.15, -0.1) is 0 Å². The van der Waals surface area contributed by atoms with Crippen molar-refractivity contribution in [2.45, 2.75) is 57.3 Å². The molecule has 1 aliphatic heterocycles. The second-order valence-electron chi connectivity index (χ2n) is 4.91. The van der Waals surface area contributed by atoms with Crippen LogP contribution < -0.4 is 0 Å². The van der Waals surface area contributed by atoms with Crippen molar-refractivity contribution in [2.24, 2.45) is 0 Å². The summed E-state index contributed by atoms with van der Waals surface area (Å²) >= 11 is 0. The minimum Gasteiger partial charge on any atom is -0.350 e. The maximum absolute atomic E-state index is 11.1. The van der Waals surface area contributed by atoms with Gasteiger partial charge in [-0.2, -0.15) is 0 Å². The van der Waals surface area contributed by atoms with E-state index in [1.807, 2.05) is 0 Å². The molecule has 0 N–H and O–H groups in total. The fourth-order valence-corrected chi connectivity index (χ4v) is 2.22. The van der Waals surface area contributed by atoms with Gasteiger partial charge < -0.3 is 9.47 Å². The van der Waals surface area contributed by atoms with Crippen LogP contribution in [0.4, 0.5) is 0 Å². The van der Waals surface area contributed by atoms with Crippen molar-refractivity contribution in [3.63, 3.8) is 0 Å². The van der Waals surface area contributed by atoms with Crippen LogP contribution >= 0.6 is 0 Å². The Labute approximate surface area is 84.8 Å². The Morgan fingerprint density at radius 1 is 1.14 bits per heavy atom. The summed E-state index contributed by atoms with van der Waals surface area (Å²) in [6.07, 6.45) is 3.61. The van der Waals surface area contributed by atoms with Gasteiger partial charge in [0, 0.05) is 25.7 Å². The maximum Gasteiger partial charge on any atom is 0.169 e. The van der Waals surface area contributed by atoms with E-state index in [1.54, 1.807) is 0 Å². The van der Waals surface area contributed by atoms with Gasteiger partial charge in [0.15, 0.2) is 5.79 Å². The number of hydrogen-bond donors (Lipinski definition) is 0. The molecule has 0 amide bonds. The standard InChI is InChI=1S/C11H18O3/c1-10(2)7-8-13-11(14-10)5-3-9(12)4-6-11/h3-8H2,1-2H3. The highest BCUT2D eigenvalue weighted by Crippen LogP contribution is 2.39. The fraction of sp³-hybridized carbons (Fsp3) is 0.909. The third-order valence-corrected chi connectivity index (χ3v) is 3.10. The van der Waals surface area contributed by atoms with Gasteiger partial charge in [-0.25, -0.2) is 0 Å². The van der Waals surface area contributed by atoms with Crippen molar-refractivity contribution in [3.8, 4) is 0 Å². The summed E-state index contributed by atoms with van der Waals surface area (Å²) in [4.78, 5) is 11.1. The molecule has 0 bridgehead atoms. The molecular weight excluding hydrogens is 180 g/mol. The zero-order valence-corrected chi connectivity index (χ0v) is 8.97. The van der Waals surface area contributed by atoms with E-state index < -0.39 is 5.79 Å². The Bertz CT molecular complexity index is 235. The molecule has 1 aliphatic carbocycles. The molecule has 14 heavy (non-hydrogen) atoms. The number of carbonyl (C=O) groups excluding carboxylic acids is 1. The zero-order valence-electron chi connectivity index (χ0n) is 8.97. The second kappa shape index (κ2) is 3.31. The van der Waals surface area contributed by atoms with Crippen LogP contribution in [0.2, 0.25) is 0 Å². The van der Waals surface area contributed by atoms with Crippen LogP contribution in [0.15, 0.2) is 0 Å². The Morgan fingerprint density at radius 2 is 1.79 bits per heavy atom. The monoisotopic (exact) mass is 198 g/mol. The van der Waals surface area contributed by atoms with Gasteiger partial charge in [-0.1, -0.05) is 0 Å². The van der Waals surface area contributed by atoms with Crippen LogP contribution in [0.5, 0.6) is 0 Å². The molecule has 1 heterocycles. The summed E-state index contributed by atoms with van der Waals surface area (Å²) in [6, 6.07) is 0. The lowest BCUT2D eigenvalue weighted by atomic mass is 9.90. The number of ether oxygens (including phenoxy) is 2. The summed E-state index contributed by atoms with van der Waals surface area (Å²) in [5.74, 6) is -0.110. The third-order valence-electron chi connectivity index (χ3n) is 3.10. The highest BCUT2D eigenvalue weighted by Gasteiger charge is 2.44. The van der Waals surface area contributed by atoms with E-state index in [1.165, 1.54) is 0 Å². The molecule has 1 saturated carbocycles. The first-order valence-electron chi connectivity index (χ1n) is 5.37. The normalized spacial score (nSPS) is 30.6. The summed E-state index contributed by atoms with van der Waals surface area (Å²) < 4.78 is 11.7. The molecule has 0 radical (unpaired) electrons. The molecule has 1 saturated heterocycles. The van der Waals surface area contributed by atoms with Crippen molar-refractivity contribution in [1.29, 1.82) is 0 Å². The zero-order chi connectivity index (χ0) is 10.2. The highest BCUT2D eigenvalue weighted by atomic mass is 16.7. The third kappa shape index (κ3) is 1.98. The van der Waals surface area contributed by atoms with Gasteiger partial charge in [0.05, 0.1) is 12.2 Å². The summed E-state index contributed by atoms with van der Waals surface area (Å²) in [7, 11) is 0. The quantitative estimate of drug-likeness (QED) is 0.597. The predicted octanol–water partition coefficient (Wildman–Crippen LogP) is 2.04. The van der Waals surface area contributed by atoms with Crippen LogP contribution in [0.3, 0.4) is 0 Å². The van der Waals surface area contributed by atoms with E-state index in [9.17, 15) is 4.79 Å². The molecule has 3 heteroatoms. The van der Waals surface area contributed by atoms with Gasteiger partial charge in [0.1, 0.15) is 5.78 Å². The Balaban J connectivity index is 2.05. The van der Waals surface area contributed by atoms with Crippen LogP contribution in [0, 0.1) is 0 Å². The molecule has 2 rings (SSSR count). The largest absolute Gasteiger partial charge is 0.350 e. The Kier molecular flexibility index (Phi) is 2.40. The van der Waals surface area contributed by atoms with Gasteiger partial charge >= 0.3 is 0 Å². The van der Waals surface area contributed by atoms with Crippen molar-refractivity contribution in [3.05, 3.63) is 0 Å². The number of hydrogen-bond acceptors (Lipinski definition) is 3. The predicted molar refractivity (Wildman–Crippen MR) is 51.9 cm³/mol. The lowest BCUT2D eigenvalue weighted by molar-refractivity contribution is -0.327. The highest BCUT2D eigenvalue weighted by molar-refractivity contribution is 5.79. The van der Waals surface area contributed by atoms with Crippen molar-refractivity contribution >= 4 is 5.78 Å². The van der Waals surface area contributed by atoms with Crippen LogP contribution in [-0.2, 0) is 14.3 Å². The molecule has 2 aliphatic rings. The summed E-state index contributed by atoms with van der Waals surface area (Å²) in [5.41, 5.74) is -0.0986. The molecule has 0 aromatic carbocycles. The molecule has 0 atom stereocenters. The average Bonchev–Trinajstić information content (AvgIpc) is 2.09. The van der Waals surface area contributed by atoms with E-state index in [0.717, 1.165) is 25.9 Å². The average molecular weight is 198 g/mol. The lowest BCUT2D eigenvalue weighted by Gasteiger charge is -2.46. The van der Waals surface area contributed by atoms with Gasteiger partial charge in [0.25, 0.3) is 0 Å². The summed E-state index contributed by atoms with van der Waals surface area (Å²) in [5, 5.41) is 0. The number of carbonyl (C=O) groups is 1. The smallest absolute Gasteiger partial charge is 0.169 e. The fourth-order valence-electron chi connectivity index (χ4n) is 2.22. The van der Waals surface area contributed by atoms with Crippen LogP contribution in [0.1, 0.15) is 46.0 Å². The molecule has 0 aromatic rings. The number of ketones is 1. The molecule has 0 aromatic heterocycles. The molecular formula is C11H18O3. The van der Waals surface area contributed by atoms with E-state index in [4.69, 9.17) is 9.47 Å². The van der Waals surface area contributed by atoms with Gasteiger partial charge in [-0.3, -0.25) is 4.79 Å². The molecule has 2 fully saturated rings. The topological polar surface area (TPSA) is 35.5 Å². The first-order chi connectivity index (χ1) is 6.52. The number of Topliss-reactive ketones (excluding diaryl/α,β-unsaturated/α-hetero) is 1. The second-order valence-corrected chi connectivity index (χ2v) is 4.91. The Morgan fingerprint density at radius 3 is 2.36 bits per heavy atom. The number of rotatable bonds is 0. The van der Waals surface area contributed by atoms with Crippen molar-refractivity contribution in [1.82, 2.24) is 0 Å². The first kappa shape index (κ1) is 10.1. The molecule has 1 spiro atoms. The SMILES string of the molecule is CC1(C)CCOC2(CCC(=O)CC2)O1. The van der Waals surface area contributed by atoms with E-state index >= 15 is 0 Å². The maximum atomic E-state index is 11.1. The van der Waals surface area contributed by atoms with Gasteiger partial charge in [-0.05, 0) is 20.3 Å².